The standard InChI is InChI=1S/C16H22N2S/c1-3-15(16-17-11-12-19-16)18-13(2)9-10-14-7-5-4-6-8-14/h4-8,11-13,15,18H,3,9-10H2,1-2H3. The first-order valence-electron chi connectivity index (χ1n) is 6.99. The SMILES string of the molecule is CCC(NC(C)CCc1ccccc1)c1nccs1. The van der Waals surface area contributed by atoms with Crippen molar-refractivity contribution in [1.82, 2.24) is 10.3 Å². The van der Waals surface area contributed by atoms with Crippen molar-refractivity contribution in [1.29, 1.82) is 0 Å². The van der Waals surface area contributed by atoms with Gasteiger partial charge in [0.2, 0.25) is 0 Å². The van der Waals surface area contributed by atoms with Crippen molar-refractivity contribution in [2.45, 2.75) is 45.2 Å². The minimum Gasteiger partial charge on any atom is -0.305 e. The number of aryl methyl sites for hydroxylation is 1. The molecular weight excluding hydrogens is 252 g/mol. The van der Waals surface area contributed by atoms with Gasteiger partial charge in [-0.1, -0.05) is 37.3 Å². The Kier molecular flexibility index (Phi) is 5.55. The van der Waals surface area contributed by atoms with Crippen LogP contribution in [0.25, 0.3) is 0 Å². The van der Waals surface area contributed by atoms with E-state index >= 15 is 0 Å². The van der Waals surface area contributed by atoms with Gasteiger partial charge in [-0.05, 0) is 31.7 Å². The lowest BCUT2D eigenvalue weighted by Gasteiger charge is -2.20. The Hall–Kier alpha value is -1.19. The van der Waals surface area contributed by atoms with Crippen LogP contribution in [0.2, 0.25) is 0 Å². The van der Waals surface area contributed by atoms with Crippen molar-refractivity contribution in [3.05, 3.63) is 52.5 Å². The first kappa shape index (κ1) is 14.2. The minimum absolute atomic E-state index is 0.394. The van der Waals surface area contributed by atoms with Gasteiger partial charge in [-0.3, -0.25) is 0 Å². The molecule has 0 aliphatic rings. The van der Waals surface area contributed by atoms with Crippen molar-refractivity contribution in [3.8, 4) is 0 Å². The highest BCUT2D eigenvalue weighted by molar-refractivity contribution is 7.09. The molecule has 2 aromatic rings. The Morgan fingerprint density at radius 1 is 1.26 bits per heavy atom. The van der Waals surface area contributed by atoms with Crippen LogP contribution in [-0.2, 0) is 6.42 Å². The zero-order valence-corrected chi connectivity index (χ0v) is 12.5. The molecule has 3 heteroatoms. The number of benzene rings is 1. The van der Waals surface area contributed by atoms with Gasteiger partial charge in [0.25, 0.3) is 0 Å². The van der Waals surface area contributed by atoms with E-state index in [1.807, 2.05) is 11.6 Å². The van der Waals surface area contributed by atoms with Crippen molar-refractivity contribution >= 4 is 11.3 Å². The average Bonchev–Trinajstić information content (AvgIpc) is 2.97. The molecule has 1 aromatic heterocycles. The molecule has 2 atom stereocenters. The molecule has 2 nitrogen and oxygen atoms in total. The zero-order chi connectivity index (χ0) is 13.5. The van der Waals surface area contributed by atoms with Crippen LogP contribution in [0.15, 0.2) is 41.9 Å². The summed E-state index contributed by atoms with van der Waals surface area (Å²) in [7, 11) is 0. The average molecular weight is 274 g/mol. The molecule has 1 N–H and O–H groups in total. The van der Waals surface area contributed by atoms with Gasteiger partial charge in [0.1, 0.15) is 5.01 Å². The lowest BCUT2D eigenvalue weighted by Crippen LogP contribution is -2.30. The van der Waals surface area contributed by atoms with E-state index in [-0.39, 0.29) is 0 Å². The molecule has 0 amide bonds. The molecule has 1 heterocycles. The molecule has 0 saturated carbocycles. The largest absolute Gasteiger partial charge is 0.305 e. The molecule has 0 aliphatic carbocycles. The van der Waals surface area contributed by atoms with Gasteiger partial charge in [-0.15, -0.1) is 11.3 Å². The van der Waals surface area contributed by atoms with Gasteiger partial charge < -0.3 is 5.32 Å². The molecule has 2 unspecified atom stereocenters. The van der Waals surface area contributed by atoms with Gasteiger partial charge in [-0.25, -0.2) is 4.98 Å². The Morgan fingerprint density at radius 2 is 2.05 bits per heavy atom. The molecule has 0 radical (unpaired) electrons. The zero-order valence-electron chi connectivity index (χ0n) is 11.7. The van der Waals surface area contributed by atoms with Gasteiger partial charge >= 0.3 is 0 Å². The van der Waals surface area contributed by atoms with E-state index in [0.29, 0.717) is 12.1 Å². The molecule has 19 heavy (non-hydrogen) atoms. The van der Waals surface area contributed by atoms with Crippen LogP contribution in [0.3, 0.4) is 0 Å². The number of nitrogens with zero attached hydrogens (tertiary/aromatic N) is 1. The number of aromatic nitrogens is 1. The maximum atomic E-state index is 4.41. The monoisotopic (exact) mass is 274 g/mol. The van der Waals surface area contributed by atoms with Crippen LogP contribution in [0.4, 0.5) is 0 Å². The van der Waals surface area contributed by atoms with Crippen molar-refractivity contribution in [2.24, 2.45) is 0 Å². The van der Waals surface area contributed by atoms with Crippen LogP contribution < -0.4 is 5.32 Å². The lowest BCUT2D eigenvalue weighted by atomic mass is 10.1. The summed E-state index contributed by atoms with van der Waals surface area (Å²) in [5, 5.41) is 6.94. The third-order valence-electron chi connectivity index (χ3n) is 3.35. The Labute approximate surface area is 119 Å². The van der Waals surface area contributed by atoms with E-state index in [0.717, 1.165) is 19.3 Å². The first-order chi connectivity index (χ1) is 9.29. The highest BCUT2D eigenvalue weighted by Crippen LogP contribution is 2.20. The van der Waals surface area contributed by atoms with Crippen LogP contribution in [0, 0.1) is 0 Å². The van der Waals surface area contributed by atoms with Gasteiger partial charge in [-0.2, -0.15) is 0 Å². The topological polar surface area (TPSA) is 24.9 Å². The van der Waals surface area contributed by atoms with Crippen LogP contribution in [-0.4, -0.2) is 11.0 Å². The van der Waals surface area contributed by atoms with Crippen LogP contribution in [0.5, 0.6) is 0 Å². The first-order valence-corrected chi connectivity index (χ1v) is 7.87. The maximum absolute atomic E-state index is 4.41. The second-order valence-electron chi connectivity index (χ2n) is 4.92. The Bertz CT molecular complexity index is 453. The fraction of sp³-hybridized carbons (Fsp3) is 0.438. The summed E-state index contributed by atoms with van der Waals surface area (Å²) in [6.07, 6.45) is 5.26. The summed E-state index contributed by atoms with van der Waals surface area (Å²) in [4.78, 5) is 4.41. The number of hydrogen-bond acceptors (Lipinski definition) is 3. The highest BCUT2D eigenvalue weighted by Gasteiger charge is 2.14. The third-order valence-corrected chi connectivity index (χ3v) is 4.24. The summed E-state index contributed by atoms with van der Waals surface area (Å²) in [5.74, 6) is 0. The third kappa shape index (κ3) is 4.44. The summed E-state index contributed by atoms with van der Waals surface area (Å²) in [5.41, 5.74) is 1.42. The van der Waals surface area contributed by atoms with Gasteiger partial charge in [0.15, 0.2) is 0 Å². The van der Waals surface area contributed by atoms with E-state index in [4.69, 9.17) is 0 Å². The number of nitrogens with one attached hydrogen (secondary N) is 1. The van der Waals surface area contributed by atoms with E-state index in [2.05, 4.69) is 54.5 Å². The Balaban J connectivity index is 1.82. The van der Waals surface area contributed by atoms with E-state index in [9.17, 15) is 0 Å². The predicted octanol–water partition coefficient (Wildman–Crippen LogP) is 4.21. The van der Waals surface area contributed by atoms with Crippen molar-refractivity contribution < 1.29 is 0 Å². The quantitative estimate of drug-likeness (QED) is 0.818. The lowest BCUT2D eigenvalue weighted by molar-refractivity contribution is 0.426. The van der Waals surface area contributed by atoms with Crippen molar-refractivity contribution in [2.75, 3.05) is 0 Å². The van der Waals surface area contributed by atoms with Gasteiger partial charge in [0, 0.05) is 17.6 Å². The fourth-order valence-corrected chi connectivity index (χ4v) is 3.01. The molecule has 2 rings (SSSR count). The second-order valence-corrected chi connectivity index (χ2v) is 5.85. The minimum atomic E-state index is 0.394. The molecule has 102 valence electrons. The maximum Gasteiger partial charge on any atom is 0.109 e. The van der Waals surface area contributed by atoms with E-state index in [1.165, 1.54) is 10.6 Å². The molecule has 0 aliphatic heterocycles. The van der Waals surface area contributed by atoms with E-state index in [1.54, 1.807) is 11.3 Å². The second kappa shape index (κ2) is 7.41. The molecule has 0 saturated heterocycles. The normalized spacial score (nSPS) is 14.2. The summed E-state index contributed by atoms with van der Waals surface area (Å²) in [6, 6.07) is 11.6. The predicted molar refractivity (Wildman–Crippen MR) is 82.5 cm³/mol. The summed E-state index contributed by atoms with van der Waals surface area (Å²) in [6.45, 7) is 4.47. The smallest absolute Gasteiger partial charge is 0.109 e. The molecule has 1 aromatic carbocycles. The van der Waals surface area contributed by atoms with E-state index < -0.39 is 0 Å². The number of thiazole rings is 1. The Morgan fingerprint density at radius 3 is 2.68 bits per heavy atom. The molecule has 0 fully saturated rings. The van der Waals surface area contributed by atoms with Crippen LogP contribution >= 0.6 is 11.3 Å². The number of hydrogen-bond donors (Lipinski definition) is 1. The molecular formula is C16H22N2S. The van der Waals surface area contributed by atoms with Gasteiger partial charge in [0.05, 0.1) is 6.04 Å². The summed E-state index contributed by atoms with van der Waals surface area (Å²) >= 11 is 1.74. The molecule has 0 bridgehead atoms. The van der Waals surface area contributed by atoms with Crippen molar-refractivity contribution in [3.63, 3.8) is 0 Å². The highest BCUT2D eigenvalue weighted by atomic mass is 32.1. The number of rotatable bonds is 7. The molecule has 0 spiro atoms. The fourth-order valence-electron chi connectivity index (χ4n) is 2.22. The van der Waals surface area contributed by atoms with Crippen LogP contribution in [0.1, 0.15) is 43.3 Å². The summed E-state index contributed by atoms with van der Waals surface area (Å²) < 4.78 is 0.